The minimum atomic E-state index is 0.0245. The average Bonchev–Trinajstić information content (AvgIpc) is 2.92. The number of amides is 1. The number of carbonyl (C=O) groups is 1. The van der Waals surface area contributed by atoms with E-state index in [4.69, 9.17) is 0 Å². The summed E-state index contributed by atoms with van der Waals surface area (Å²) in [6.07, 6.45) is 1.04. The molecule has 1 amide bonds. The van der Waals surface area contributed by atoms with Gasteiger partial charge in [-0.15, -0.1) is 0 Å². The van der Waals surface area contributed by atoms with E-state index in [1.54, 1.807) is 4.90 Å². The first-order valence-corrected chi connectivity index (χ1v) is 7.28. The van der Waals surface area contributed by atoms with E-state index in [1.165, 1.54) is 16.7 Å². The molecular formula is C18H20N2O. The number of hydrogen-bond donors (Lipinski definition) is 1. The quantitative estimate of drug-likeness (QED) is 0.912. The third kappa shape index (κ3) is 2.64. The zero-order valence-electron chi connectivity index (χ0n) is 12.7. The second-order valence-corrected chi connectivity index (χ2v) is 5.76. The third-order valence-corrected chi connectivity index (χ3v) is 3.96. The van der Waals surface area contributed by atoms with Crippen LogP contribution < -0.4 is 10.2 Å². The molecule has 0 aliphatic carbocycles. The zero-order chi connectivity index (χ0) is 15.0. The van der Waals surface area contributed by atoms with Crippen LogP contribution in [0.15, 0.2) is 36.4 Å². The lowest BCUT2D eigenvalue weighted by atomic mass is 10.1. The Labute approximate surface area is 125 Å². The summed E-state index contributed by atoms with van der Waals surface area (Å²) in [5.41, 5.74) is 6.38. The summed E-state index contributed by atoms with van der Waals surface area (Å²) < 4.78 is 0. The van der Waals surface area contributed by atoms with Crippen molar-refractivity contribution in [2.75, 3.05) is 23.8 Å². The number of rotatable bonds is 2. The van der Waals surface area contributed by atoms with Crippen molar-refractivity contribution in [1.82, 2.24) is 0 Å². The van der Waals surface area contributed by atoms with Crippen molar-refractivity contribution in [1.29, 1.82) is 0 Å². The minimum Gasteiger partial charge on any atom is -0.384 e. The number of nitrogens with one attached hydrogen (secondary N) is 1. The number of anilines is 2. The maximum Gasteiger partial charge on any atom is 0.258 e. The summed E-state index contributed by atoms with van der Waals surface area (Å²) in [7, 11) is 1.83. The monoisotopic (exact) mass is 280 g/mol. The molecule has 1 heterocycles. The Morgan fingerprint density at radius 1 is 1.10 bits per heavy atom. The summed E-state index contributed by atoms with van der Waals surface area (Å²) in [5.74, 6) is 0.0245. The largest absolute Gasteiger partial charge is 0.384 e. The standard InChI is InChI=1S/C18H20N2O/c1-12-8-13(2)10-16(9-12)20(3)18(21)15-5-4-14-6-7-19-17(14)11-15/h4-5,8-11,19H,6-7H2,1-3H3. The van der Waals surface area contributed by atoms with Crippen LogP contribution in [0, 0.1) is 13.8 Å². The van der Waals surface area contributed by atoms with E-state index >= 15 is 0 Å². The second kappa shape index (κ2) is 5.24. The molecule has 0 fully saturated rings. The molecule has 21 heavy (non-hydrogen) atoms. The van der Waals surface area contributed by atoms with Gasteiger partial charge in [0.2, 0.25) is 0 Å². The van der Waals surface area contributed by atoms with Crippen LogP contribution in [0.2, 0.25) is 0 Å². The van der Waals surface area contributed by atoms with Gasteiger partial charge >= 0.3 is 0 Å². The molecule has 108 valence electrons. The van der Waals surface area contributed by atoms with Crippen LogP contribution in [-0.2, 0) is 6.42 Å². The van der Waals surface area contributed by atoms with Gasteiger partial charge in [0, 0.05) is 30.5 Å². The first-order valence-electron chi connectivity index (χ1n) is 7.28. The minimum absolute atomic E-state index is 0.0245. The molecule has 1 N–H and O–H groups in total. The van der Waals surface area contributed by atoms with E-state index in [2.05, 4.69) is 17.4 Å². The molecule has 2 aromatic carbocycles. The summed E-state index contributed by atoms with van der Waals surface area (Å²) >= 11 is 0. The van der Waals surface area contributed by atoms with Crippen molar-refractivity contribution in [2.24, 2.45) is 0 Å². The molecule has 3 rings (SSSR count). The Morgan fingerprint density at radius 3 is 2.52 bits per heavy atom. The SMILES string of the molecule is Cc1cc(C)cc(N(C)C(=O)c2ccc3c(c2)NCC3)c1. The van der Waals surface area contributed by atoms with Gasteiger partial charge in [-0.3, -0.25) is 4.79 Å². The molecule has 0 saturated heterocycles. The molecule has 2 aromatic rings. The first-order chi connectivity index (χ1) is 10.0. The van der Waals surface area contributed by atoms with Gasteiger partial charge in [-0.1, -0.05) is 12.1 Å². The number of fused-ring (bicyclic) bond motifs is 1. The van der Waals surface area contributed by atoms with E-state index in [1.807, 2.05) is 45.2 Å². The van der Waals surface area contributed by atoms with Crippen LogP contribution in [0.3, 0.4) is 0 Å². The molecule has 3 nitrogen and oxygen atoms in total. The van der Waals surface area contributed by atoms with Crippen LogP contribution in [0.1, 0.15) is 27.0 Å². The number of aryl methyl sites for hydroxylation is 2. The van der Waals surface area contributed by atoms with Gasteiger partial charge in [0.15, 0.2) is 0 Å². The van der Waals surface area contributed by atoms with Crippen molar-refractivity contribution in [3.63, 3.8) is 0 Å². The van der Waals surface area contributed by atoms with E-state index < -0.39 is 0 Å². The highest BCUT2D eigenvalue weighted by molar-refractivity contribution is 6.06. The summed E-state index contributed by atoms with van der Waals surface area (Å²) in [6.45, 7) is 5.06. The fourth-order valence-corrected chi connectivity index (χ4v) is 2.88. The summed E-state index contributed by atoms with van der Waals surface area (Å²) in [6, 6.07) is 12.1. The molecule has 0 bridgehead atoms. The Hall–Kier alpha value is -2.29. The number of benzene rings is 2. The lowest BCUT2D eigenvalue weighted by molar-refractivity contribution is 0.0993. The van der Waals surface area contributed by atoms with Crippen molar-refractivity contribution < 1.29 is 4.79 Å². The topological polar surface area (TPSA) is 32.3 Å². The average molecular weight is 280 g/mol. The maximum absolute atomic E-state index is 12.7. The predicted molar refractivity (Wildman–Crippen MR) is 87.3 cm³/mol. The van der Waals surface area contributed by atoms with Gasteiger partial charge in [0.1, 0.15) is 0 Å². The normalized spacial score (nSPS) is 12.7. The van der Waals surface area contributed by atoms with Crippen LogP contribution in [0.25, 0.3) is 0 Å². The Balaban J connectivity index is 1.90. The fourth-order valence-electron chi connectivity index (χ4n) is 2.88. The fraction of sp³-hybridized carbons (Fsp3) is 0.278. The van der Waals surface area contributed by atoms with Gasteiger partial charge in [0.05, 0.1) is 0 Å². The lowest BCUT2D eigenvalue weighted by Crippen LogP contribution is -2.26. The molecule has 0 unspecified atom stereocenters. The molecule has 0 spiro atoms. The van der Waals surface area contributed by atoms with Crippen LogP contribution in [-0.4, -0.2) is 19.5 Å². The lowest BCUT2D eigenvalue weighted by Gasteiger charge is -2.19. The van der Waals surface area contributed by atoms with E-state index in [9.17, 15) is 4.79 Å². The van der Waals surface area contributed by atoms with Crippen LogP contribution in [0.4, 0.5) is 11.4 Å². The summed E-state index contributed by atoms with van der Waals surface area (Å²) in [5, 5.41) is 3.32. The van der Waals surface area contributed by atoms with E-state index in [0.717, 1.165) is 29.9 Å². The second-order valence-electron chi connectivity index (χ2n) is 5.76. The number of hydrogen-bond acceptors (Lipinski definition) is 2. The molecule has 3 heteroatoms. The number of nitrogens with zero attached hydrogens (tertiary/aromatic N) is 1. The van der Waals surface area contributed by atoms with Gasteiger partial charge in [0.25, 0.3) is 5.91 Å². The molecule has 0 aromatic heterocycles. The molecule has 0 radical (unpaired) electrons. The van der Waals surface area contributed by atoms with Gasteiger partial charge in [-0.05, 0) is 61.2 Å². The molecule has 1 aliphatic heterocycles. The Bertz CT molecular complexity index is 686. The van der Waals surface area contributed by atoms with E-state index in [-0.39, 0.29) is 5.91 Å². The molecule has 1 aliphatic rings. The summed E-state index contributed by atoms with van der Waals surface area (Å²) in [4.78, 5) is 14.4. The van der Waals surface area contributed by atoms with Crippen LogP contribution in [0.5, 0.6) is 0 Å². The van der Waals surface area contributed by atoms with Crippen molar-refractivity contribution in [2.45, 2.75) is 20.3 Å². The highest BCUT2D eigenvalue weighted by atomic mass is 16.2. The van der Waals surface area contributed by atoms with Crippen molar-refractivity contribution in [3.05, 3.63) is 58.7 Å². The van der Waals surface area contributed by atoms with Crippen molar-refractivity contribution >= 4 is 17.3 Å². The zero-order valence-corrected chi connectivity index (χ0v) is 12.7. The number of carbonyl (C=O) groups excluding carboxylic acids is 1. The predicted octanol–water partition coefficient (Wildman–Crippen LogP) is 3.55. The molecule has 0 saturated carbocycles. The van der Waals surface area contributed by atoms with E-state index in [0.29, 0.717) is 0 Å². The maximum atomic E-state index is 12.7. The van der Waals surface area contributed by atoms with Gasteiger partial charge in [-0.2, -0.15) is 0 Å². The molecular weight excluding hydrogens is 260 g/mol. The third-order valence-electron chi connectivity index (χ3n) is 3.96. The highest BCUT2D eigenvalue weighted by Gasteiger charge is 2.17. The van der Waals surface area contributed by atoms with Crippen LogP contribution >= 0.6 is 0 Å². The Kier molecular flexibility index (Phi) is 3.42. The highest BCUT2D eigenvalue weighted by Crippen LogP contribution is 2.25. The van der Waals surface area contributed by atoms with Crippen molar-refractivity contribution in [3.8, 4) is 0 Å². The Morgan fingerprint density at radius 2 is 1.81 bits per heavy atom. The van der Waals surface area contributed by atoms with Gasteiger partial charge < -0.3 is 10.2 Å². The first kappa shape index (κ1) is 13.7. The molecule has 0 atom stereocenters. The van der Waals surface area contributed by atoms with Gasteiger partial charge in [-0.25, -0.2) is 0 Å². The smallest absolute Gasteiger partial charge is 0.258 e.